The molecule has 0 aromatic heterocycles. The van der Waals surface area contributed by atoms with Crippen molar-refractivity contribution in [2.24, 2.45) is 5.73 Å². The zero-order chi connectivity index (χ0) is 6.28. The number of hydrogen-bond acceptors (Lipinski definition) is 2. The number of hydrogen-bond donors (Lipinski definition) is 1. The molecule has 0 spiro atoms. The van der Waals surface area contributed by atoms with Crippen LogP contribution in [-0.2, 0) is 32.1 Å². The van der Waals surface area contributed by atoms with Gasteiger partial charge in [0.15, 0.2) is 0 Å². The Kier molecular flexibility index (Phi) is 31.1. The molecule has 0 amide bonds. The zero-order valence-electron chi connectivity index (χ0n) is 5.18. The average molecular weight is 201 g/mol. The van der Waals surface area contributed by atoms with Crippen LogP contribution in [0.1, 0.15) is 13.8 Å². The predicted molar refractivity (Wildman–Crippen MR) is 39.8 cm³/mol. The maximum absolute atomic E-state index is 4.66. The molecule has 0 rings (SSSR count). The normalized spacial score (nSPS) is 5.25. The molecule has 0 radical (unpaired) electrons. The van der Waals surface area contributed by atoms with E-state index in [1.807, 2.05) is 20.3 Å². The first-order valence-electron chi connectivity index (χ1n) is 1.85. The Morgan fingerprint density at radius 1 is 1.62 bits per heavy atom. The van der Waals surface area contributed by atoms with Gasteiger partial charge in [-0.3, -0.25) is 0 Å². The summed E-state index contributed by atoms with van der Waals surface area (Å²) in [5.74, 6) is 0. The molecular weight excluding hydrogens is 192 g/mol. The van der Waals surface area contributed by atoms with Crippen molar-refractivity contribution in [3.8, 4) is 0 Å². The van der Waals surface area contributed by atoms with Crippen molar-refractivity contribution < 1.29 is 19.5 Å². The van der Waals surface area contributed by atoms with Crippen LogP contribution in [0.4, 0.5) is 0 Å². The van der Waals surface area contributed by atoms with E-state index in [4.69, 9.17) is 0 Å². The van der Waals surface area contributed by atoms with Crippen molar-refractivity contribution in [3.63, 3.8) is 0 Å². The molecule has 8 heavy (non-hydrogen) atoms. The molecular formula is C4H9NS2Zn. The van der Waals surface area contributed by atoms with Gasteiger partial charge >= 0.3 is 19.5 Å². The van der Waals surface area contributed by atoms with E-state index in [-0.39, 0.29) is 23.8 Å². The fourth-order valence-corrected chi connectivity index (χ4v) is 0. The molecule has 4 heteroatoms. The number of rotatable bonds is 0. The van der Waals surface area contributed by atoms with Crippen LogP contribution in [0, 0.1) is 6.42 Å². The van der Waals surface area contributed by atoms with E-state index < -0.39 is 0 Å². The smallest absolute Gasteiger partial charge is 0.415 e. The SMILES string of the molecule is C[CH-]C.NC(=S)[S-].[Zn+2]. The van der Waals surface area contributed by atoms with Gasteiger partial charge in [-0.1, -0.05) is 4.32 Å². The summed E-state index contributed by atoms with van der Waals surface area (Å²) >= 11 is 8.26. The molecule has 0 aliphatic carbocycles. The Balaban J connectivity index is -0.0000000575. The Morgan fingerprint density at radius 3 is 1.62 bits per heavy atom. The fourth-order valence-electron chi connectivity index (χ4n) is 0. The van der Waals surface area contributed by atoms with Gasteiger partial charge in [-0.15, -0.1) is 0 Å². The van der Waals surface area contributed by atoms with Gasteiger partial charge in [0.2, 0.25) is 0 Å². The topological polar surface area (TPSA) is 26.0 Å². The third kappa shape index (κ3) is 412. The first-order chi connectivity index (χ1) is 3.15. The van der Waals surface area contributed by atoms with Crippen molar-refractivity contribution >= 4 is 29.2 Å². The summed E-state index contributed by atoms with van der Waals surface area (Å²) in [7, 11) is 0. The van der Waals surface area contributed by atoms with Crippen LogP contribution >= 0.6 is 12.2 Å². The Hall–Kier alpha value is 0.733. The van der Waals surface area contributed by atoms with Gasteiger partial charge in [0.05, 0.1) is 0 Å². The summed E-state index contributed by atoms with van der Waals surface area (Å²) in [6.07, 6.45) is 2.00. The van der Waals surface area contributed by atoms with E-state index in [9.17, 15) is 0 Å². The van der Waals surface area contributed by atoms with E-state index in [0.717, 1.165) is 0 Å². The standard InChI is InChI=1S/C3H7.CH3NS2.Zn/c1-3-2;2-1(3)4;/h3H,1-2H3;(H3,2,3,4);/q-1;;+2/p-1. The third-order valence-electron chi connectivity index (χ3n) is 0. The van der Waals surface area contributed by atoms with Crippen molar-refractivity contribution in [3.05, 3.63) is 6.42 Å². The third-order valence-corrected chi connectivity index (χ3v) is 0. The maximum atomic E-state index is 4.66. The van der Waals surface area contributed by atoms with Crippen molar-refractivity contribution in [1.82, 2.24) is 0 Å². The van der Waals surface area contributed by atoms with Crippen LogP contribution in [0.15, 0.2) is 0 Å². The Labute approximate surface area is 74.6 Å². The quantitative estimate of drug-likeness (QED) is 0.274. The fraction of sp³-hybridized carbons (Fsp3) is 0.500. The largest absolute Gasteiger partial charge is 2.00 e. The number of nitrogens with two attached hydrogens (primary N) is 1. The molecule has 0 saturated carbocycles. The van der Waals surface area contributed by atoms with Gasteiger partial charge in [-0.25, -0.2) is 0 Å². The van der Waals surface area contributed by atoms with Crippen LogP contribution in [0.5, 0.6) is 0 Å². The molecule has 0 aromatic rings. The van der Waals surface area contributed by atoms with Gasteiger partial charge in [-0.05, 0) is 0 Å². The molecule has 0 aliphatic heterocycles. The molecule has 0 unspecified atom stereocenters. The molecule has 0 aromatic carbocycles. The molecule has 0 atom stereocenters. The molecule has 0 saturated heterocycles. The molecule has 0 heterocycles. The summed E-state index contributed by atoms with van der Waals surface area (Å²) in [5.41, 5.74) is 4.66. The molecule has 0 fully saturated rings. The second-order valence-electron chi connectivity index (χ2n) is 0.896. The van der Waals surface area contributed by atoms with E-state index >= 15 is 0 Å². The maximum Gasteiger partial charge on any atom is 2.00 e. The minimum atomic E-state index is 0. The second kappa shape index (κ2) is 15.6. The first-order valence-corrected chi connectivity index (χ1v) is 2.67. The second-order valence-corrected chi connectivity index (χ2v) is 2.03. The van der Waals surface area contributed by atoms with Crippen molar-refractivity contribution in [2.45, 2.75) is 13.8 Å². The van der Waals surface area contributed by atoms with Gasteiger partial charge in [-0.2, -0.15) is 13.8 Å². The van der Waals surface area contributed by atoms with E-state index in [1.165, 1.54) is 0 Å². The van der Waals surface area contributed by atoms with Crippen LogP contribution in [0.3, 0.4) is 0 Å². The van der Waals surface area contributed by atoms with Gasteiger partial charge in [0.1, 0.15) is 0 Å². The van der Waals surface area contributed by atoms with E-state index in [2.05, 4.69) is 30.6 Å². The monoisotopic (exact) mass is 199 g/mol. The minimum absolute atomic E-state index is 0. The summed E-state index contributed by atoms with van der Waals surface area (Å²) < 4.78 is 0.0833. The van der Waals surface area contributed by atoms with Crippen LogP contribution < -0.4 is 5.73 Å². The van der Waals surface area contributed by atoms with Crippen LogP contribution in [0.25, 0.3) is 0 Å². The Morgan fingerprint density at radius 2 is 1.62 bits per heavy atom. The molecule has 0 bridgehead atoms. The minimum Gasteiger partial charge on any atom is -0.415 e. The summed E-state index contributed by atoms with van der Waals surface area (Å²) in [6, 6.07) is 0. The molecule has 2 N–H and O–H groups in total. The van der Waals surface area contributed by atoms with Crippen LogP contribution in [0.2, 0.25) is 0 Å². The molecule has 0 aliphatic rings. The van der Waals surface area contributed by atoms with Crippen molar-refractivity contribution in [1.29, 1.82) is 0 Å². The average Bonchev–Trinajstić information content (AvgIpc) is 1.33. The van der Waals surface area contributed by atoms with Gasteiger partial charge in [0.25, 0.3) is 0 Å². The van der Waals surface area contributed by atoms with Gasteiger partial charge in [0, 0.05) is 0 Å². The van der Waals surface area contributed by atoms with Crippen molar-refractivity contribution in [2.75, 3.05) is 0 Å². The van der Waals surface area contributed by atoms with Crippen LogP contribution in [-0.4, -0.2) is 4.32 Å². The predicted octanol–water partition coefficient (Wildman–Crippen LogP) is 1.00. The zero-order valence-corrected chi connectivity index (χ0v) is 9.78. The van der Waals surface area contributed by atoms with Gasteiger partial charge < -0.3 is 37.0 Å². The summed E-state index contributed by atoms with van der Waals surface area (Å²) in [6.45, 7) is 4.00. The van der Waals surface area contributed by atoms with E-state index in [1.54, 1.807) is 0 Å². The summed E-state index contributed by atoms with van der Waals surface area (Å²) in [4.78, 5) is 0. The molecule has 1 nitrogen and oxygen atoms in total. The molecule has 44 valence electrons. The number of thiocarbonyl (C=S) groups is 1. The summed E-state index contributed by atoms with van der Waals surface area (Å²) in [5, 5.41) is 0. The van der Waals surface area contributed by atoms with E-state index in [0.29, 0.717) is 0 Å². The first kappa shape index (κ1) is 15.9. The Bertz CT molecular complexity index is 45.3.